The third-order valence-corrected chi connectivity index (χ3v) is 2.94. The van der Waals surface area contributed by atoms with Gasteiger partial charge in [0.2, 0.25) is 0 Å². The molecule has 0 N–H and O–H groups in total. The number of nitriles is 1. The van der Waals surface area contributed by atoms with E-state index in [2.05, 4.69) is 4.28 Å². The van der Waals surface area contributed by atoms with Gasteiger partial charge in [0.15, 0.2) is 0 Å². The number of carbonyl (C=O) groups excluding carboxylic acids is 1. The summed E-state index contributed by atoms with van der Waals surface area (Å²) in [5, 5.41) is 9.62. The van der Waals surface area contributed by atoms with Crippen LogP contribution in [0.25, 0.3) is 0 Å². The lowest BCUT2D eigenvalue weighted by Gasteiger charge is -2.24. The second-order valence-electron chi connectivity index (χ2n) is 3.44. The van der Waals surface area contributed by atoms with Crippen molar-refractivity contribution in [3.63, 3.8) is 0 Å². The summed E-state index contributed by atoms with van der Waals surface area (Å²) in [6.45, 7) is 0.361. The van der Waals surface area contributed by atoms with Crippen LogP contribution in [0.15, 0.2) is 0 Å². The van der Waals surface area contributed by atoms with Gasteiger partial charge in [0, 0.05) is 6.54 Å². The van der Waals surface area contributed by atoms with Gasteiger partial charge in [-0.25, -0.2) is 13.2 Å². The highest BCUT2D eigenvalue weighted by Gasteiger charge is 2.46. The molecule has 0 radical (unpaired) electrons. The number of carbonyl (C=O) groups is 1. The van der Waals surface area contributed by atoms with Gasteiger partial charge < -0.3 is 4.90 Å². The number of rotatable bonds is 2. The van der Waals surface area contributed by atoms with E-state index in [1.54, 1.807) is 0 Å². The lowest BCUT2D eigenvalue weighted by atomic mass is 10.0. The standard InChI is InChI=1S/C7H9N3O4S/c8-3-5-1-2-6-4-9(5)7(11)10(6)14-15(12)13/h5-6,15H,1-2,4H2/t5-,6+/m0/s1. The van der Waals surface area contributed by atoms with E-state index < -0.39 is 23.1 Å². The topological polar surface area (TPSA) is 90.7 Å². The molecule has 2 aliphatic rings. The summed E-state index contributed by atoms with van der Waals surface area (Å²) in [4.78, 5) is 12.9. The van der Waals surface area contributed by atoms with Gasteiger partial charge in [-0.2, -0.15) is 10.3 Å². The Hall–Kier alpha value is -1.33. The van der Waals surface area contributed by atoms with Crippen molar-refractivity contribution in [2.45, 2.75) is 24.9 Å². The van der Waals surface area contributed by atoms with Crippen LogP contribution >= 0.6 is 0 Å². The molecule has 2 bridgehead atoms. The Balaban J connectivity index is 2.19. The molecule has 0 aromatic heterocycles. The Bertz CT molecular complexity index is 394. The summed E-state index contributed by atoms with van der Waals surface area (Å²) in [5.41, 5.74) is 0. The Morgan fingerprint density at radius 2 is 2.20 bits per heavy atom. The van der Waals surface area contributed by atoms with E-state index in [1.165, 1.54) is 4.90 Å². The molecule has 0 unspecified atom stereocenters. The van der Waals surface area contributed by atoms with Crippen LogP contribution in [0.3, 0.4) is 0 Å². The molecule has 0 spiro atoms. The summed E-state index contributed by atoms with van der Waals surface area (Å²) in [5.74, 6) is 0. The molecule has 2 rings (SSSR count). The van der Waals surface area contributed by atoms with E-state index >= 15 is 0 Å². The first-order valence-corrected chi connectivity index (χ1v) is 5.55. The molecule has 2 heterocycles. The molecule has 8 heteroatoms. The van der Waals surface area contributed by atoms with Crippen LogP contribution in [-0.2, 0) is 15.3 Å². The molecule has 82 valence electrons. The molecule has 15 heavy (non-hydrogen) atoms. The van der Waals surface area contributed by atoms with Crippen molar-refractivity contribution in [3.8, 4) is 6.07 Å². The largest absolute Gasteiger partial charge is 0.346 e. The predicted molar refractivity (Wildman–Crippen MR) is 47.8 cm³/mol. The third kappa shape index (κ3) is 1.64. The SMILES string of the molecule is N#C[C@@H]1CC[C@@H]2CN1C(=O)N2O[SH](=O)=O. The molecule has 0 aromatic rings. The van der Waals surface area contributed by atoms with Gasteiger partial charge in [0.1, 0.15) is 6.04 Å². The van der Waals surface area contributed by atoms with E-state index in [0.717, 1.165) is 5.06 Å². The number of hydroxylamine groups is 2. The predicted octanol–water partition coefficient (Wildman–Crippen LogP) is -0.763. The molecule has 7 nitrogen and oxygen atoms in total. The van der Waals surface area contributed by atoms with Gasteiger partial charge in [-0.1, -0.05) is 0 Å². The quantitative estimate of drug-likeness (QED) is 0.630. The number of urea groups is 1. The van der Waals surface area contributed by atoms with Crippen molar-refractivity contribution in [2.75, 3.05) is 6.54 Å². The maximum Gasteiger partial charge on any atom is 0.346 e. The molecule has 0 aliphatic carbocycles. The minimum absolute atomic E-state index is 0.255. The van der Waals surface area contributed by atoms with Crippen LogP contribution in [0.5, 0.6) is 0 Å². The number of amides is 2. The zero-order valence-electron chi connectivity index (χ0n) is 7.70. The average molecular weight is 231 g/mol. The number of nitrogens with zero attached hydrogens (tertiary/aromatic N) is 3. The number of hydrogen-bond donors (Lipinski definition) is 1. The lowest BCUT2D eigenvalue weighted by Crippen LogP contribution is -2.38. The van der Waals surface area contributed by atoms with Crippen LogP contribution in [0.4, 0.5) is 4.79 Å². The summed E-state index contributed by atoms with van der Waals surface area (Å²) in [7, 11) is -3.08. The summed E-state index contributed by atoms with van der Waals surface area (Å²) < 4.78 is 25.2. The van der Waals surface area contributed by atoms with Crippen molar-refractivity contribution >= 4 is 17.0 Å². The maximum absolute atomic E-state index is 11.6. The average Bonchev–Trinajstić information content (AvgIpc) is 2.44. The van der Waals surface area contributed by atoms with Gasteiger partial charge in [0.05, 0.1) is 12.1 Å². The first-order chi connectivity index (χ1) is 7.13. The van der Waals surface area contributed by atoms with Gasteiger partial charge >= 0.3 is 6.03 Å². The van der Waals surface area contributed by atoms with E-state index in [9.17, 15) is 13.2 Å². The third-order valence-electron chi connectivity index (χ3n) is 2.63. The lowest BCUT2D eigenvalue weighted by molar-refractivity contribution is -0.0165. The minimum atomic E-state index is -3.08. The molecular weight excluding hydrogens is 222 g/mol. The monoisotopic (exact) mass is 231 g/mol. The number of hydrogen-bond acceptors (Lipinski definition) is 5. The number of thiol groups is 1. The molecule has 0 aromatic carbocycles. The molecule has 2 amide bonds. The normalized spacial score (nSPS) is 29.7. The van der Waals surface area contributed by atoms with E-state index in [1.807, 2.05) is 6.07 Å². The second kappa shape index (κ2) is 3.67. The van der Waals surface area contributed by atoms with E-state index in [4.69, 9.17) is 5.26 Å². The van der Waals surface area contributed by atoms with Gasteiger partial charge in [0.25, 0.3) is 11.0 Å². The summed E-state index contributed by atoms with van der Waals surface area (Å²) in [6, 6.07) is 0.749. The first kappa shape index (κ1) is 10.2. The van der Waals surface area contributed by atoms with Crippen LogP contribution in [0, 0.1) is 11.3 Å². The summed E-state index contributed by atoms with van der Waals surface area (Å²) in [6.07, 6.45) is 1.14. The molecular formula is C7H9N3O4S. The van der Waals surface area contributed by atoms with Crippen molar-refractivity contribution < 1.29 is 17.5 Å². The smallest absolute Gasteiger partial charge is 0.305 e. The zero-order valence-corrected chi connectivity index (χ0v) is 8.59. The fraction of sp³-hybridized carbons (Fsp3) is 0.714. The van der Waals surface area contributed by atoms with Crippen LogP contribution in [0.2, 0.25) is 0 Å². The fourth-order valence-electron chi connectivity index (χ4n) is 1.94. The first-order valence-electron chi connectivity index (χ1n) is 4.45. The van der Waals surface area contributed by atoms with Crippen molar-refractivity contribution in [1.29, 1.82) is 5.26 Å². The summed E-state index contributed by atoms with van der Waals surface area (Å²) >= 11 is 0. The fourth-order valence-corrected chi connectivity index (χ4v) is 2.29. The van der Waals surface area contributed by atoms with Crippen molar-refractivity contribution in [1.82, 2.24) is 9.96 Å². The second-order valence-corrected chi connectivity index (χ2v) is 4.05. The molecule has 2 fully saturated rings. The van der Waals surface area contributed by atoms with Crippen LogP contribution in [0.1, 0.15) is 12.8 Å². The number of piperidine rings is 1. The van der Waals surface area contributed by atoms with Crippen molar-refractivity contribution in [2.24, 2.45) is 0 Å². The number of fused-ring (bicyclic) bond motifs is 2. The van der Waals surface area contributed by atoms with Gasteiger partial charge in [-0.05, 0) is 12.8 Å². The van der Waals surface area contributed by atoms with Crippen molar-refractivity contribution in [3.05, 3.63) is 0 Å². The zero-order chi connectivity index (χ0) is 11.0. The Kier molecular flexibility index (Phi) is 2.50. The molecule has 2 saturated heterocycles. The van der Waals surface area contributed by atoms with Crippen LogP contribution < -0.4 is 0 Å². The maximum atomic E-state index is 11.6. The Labute approximate surface area is 87.9 Å². The Morgan fingerprint density at radius 3 is 2.80 bits per heavy atom. The molecule has 2 aliphatic heterocycles. The Morgan fingerprint density at radius 1 is 1.47 bits per heavy atom. The van der Waals surface area contributed by atoms with Crippen LogP contribution in [-0.4, -0.2) is 43.0 Å². The van der Waals surface area contributed by atoms with Gasteiger partial charge in [-0.15, -0.1) is 4.28 Å². The molecule has 2 atom stereocenters. The van der Waals surface area contributed by atoms with Gasteiger partial charge in [-0.3, -0.25) is 0 Å². The minimum Gasteiger partial charge on any atom is -0.305 e. The molecule has 0 saturated carbocycles. The highest BCUT2D eigenvalue weighted by molar-refractivity contribution is 7.67. The van der Waals surface area contributed by atoms with E-state index in [0.29, 0.717) is 19.4 Å². The highest BCUT2D eigenvalue weighted by atomic mass is 32.2. The van der Waals surface area contributed by atoms with E-state index in [-0.39, 0.29) is 6.04 Å². The highest BCUT2D eigenvalue weighted by Crippen LogP contribution is 2.29.